The molecule has 0 fully saturated rings. The van der Waals surface area contributed by atoms with Gasteiger partial charge in [0.25, 0.3) is 0 Å². The molecule has 0 aliphatic carbocycles. The van der Waals surface area contributed by atoms with Crippen molar-refractivity contribution in [3.05, 3.63) is 34.2 Å². The van der Waals surface area contributed by atoms with Crippen molar-refractivity contribution in [1.82, 2.24) is 5.01 Å². The average Bonchev–Trinajstić information content (AvgIpc) is 2.30. The van der Waals surface area contributed by atoms with Crippen molar-refractivity contribution in [3.8, 4) is 0 Å². The minimum absolute atomic E-state index is 0.0851. The van der Waals surface area contributed by atoms with E-state index in [0.717, 1.165) is 16.1 Å². The van der Waals surface area contributed by atoms with Crippen molar-refractivity contribution in [3.63, 3.8) is 0 Å². The van der Waals surface area contributed by atoms with E-state index in [2.05, 4.69) is 10.6 Å². The lowest BCUT2D eigenvalue weighted by Gasteiger charge is -2.15. The van der Waals surface area contributed by atoms with E-state index >= 15 is 0 Å². The van der Waals surface area contributed by atoms with E-state index in [0.29, 0.717) is 5.69 Å². The maximum Gasteiger partial charge on any atom is 0.344 e. The topological polar surface area (TPSA) is 61.8 Å². The van der Waals surface area contributed by atoms with Crippen LogP contribution in [0.15, 0.2) is 23.5 Å². The molecule has 92 valence electrons. The summed E-state index contributed by atoms with van der Waals surface area (Å²) in [6.45, 7) is 3.84. The van der Waals surface area contributed by atoms with Crippen molar-refractivity contribution < 1.29 is 4.79 Å². The summed E-state index contributed by atoms with van der Waals surface area (Å²) in [4.78, 5) is 22.2. The largest absolute Gasteiger partial charge is 0.344 e. The molecule has 0 atom stereocenters. The van der Waals surface area contributed by atoms with E-state index < -0.39 is 6.03 Å². The van der Waals surface area contributed by atoms with Gasteiger partial charge in [-0.05, 0) is 25.0 Å². The summed E-state index contributed by atoms with van der Waals surface area (Å²) in [6.07, 6.45) is 0. The highest BCUT2D eigenvalue weighted by atomic mass is 35.5. The first-order valence-corrected chi connectivity index (χ1v) is 5.67. The molecule has 5 nitrogen and oxygen atoms in total. The maximum atomic E-state index is 11.7. The third-order valence-corrected chi connectivity index (χ3v) is 2.51. The molecule has 1 rings (SSSR count). The molecule has 0 saturated heterocycles. The van der Waals surface area contributed by atoms with E-state index in [9.17, 15) is 9.70 Å². The molecule has 0 saturated carbocycles. The Morgan fingerprint density at radius 1 is 1.41 bits per heavy atom. The maximum absolute atomic E-state index is 11.7. The second kappa shape index (κ2) is 6.20. The molecule has 0 bridgehead atoms. The first-order valence-electron chi connectivity index (χ1n) is 5.14. The SMILES string of the molecule is Cc1cccc(C)c1NC(=O)N(CCCl)N=O. The highest BCUT2D eigenvalue weighted by Gasteiger charge is 2.15. The average molecular weight is 256 g/mol. The summed E-state index contributed by atoms with van der Waals surface area (Å²) < 4.78 is 0. The first kappa shape index (κ1) is 13.4. The van der Waals surface area contributed by atoms with Crippen LogP contribution in [0.1, 0.15) is 11.1 Å². The van der Waals surface area contributed by atoms with Gasteiger partial charge in [-0.25, -0.2) is 4.79 Å². The molecule has 0 aromatic heterocycles. The van der Waals surface area contributed by atoms with E-state index in [1.54, 1.807) is 0 Å². The molecule has 0 radical (unpaired) electrons. The molecular weight excluding hydrogens is 242 g/mol. The minimum Gasteiger partial charge on any atom is -0.306 e. The van der Waals surface area contributed by atoms with E-state index in [-0.39, 0.29) is 12.4 Å². The smallest absolute Gasteiger partial charge is 0.306 e. The molecule has 17 heavy (non-hydrogen) atoms. The molecule has 0 aliphatic heterocycles. The fraction of sp³-hybridized carbons (Fsp3) is 0.364. The zero-order chi connectivity index (χ0) is 12.8. The van der Waals surface area contributed by atoms with Gasteiger partial charge in [-0.15, -0.1) is 16.5 Å². The Kier molecular flexibility index (Phi) is 4.90. The Bertz CT molecular complexity index is 403. The number of hydrogen-bond donors (Lipinski definition) is 1. The number of anilines is 1. The lowest BCUT2D eigenvalue weighted by atomic mass is 10.1. The number of nitrogens with zero attached hydrogens (tertiary/aromatic N) is 2. The van der Waals surface area contributed by atoms with Gasteiger partial charge in [0.2, 0.25) is 0 Å². The number of nitroso groups, excluding NO2 is 1. The van der Waals surface area contributed by atoms with Gasteiger partial charge < -0.3 is 5.32 Å². The molecular formula is C11H14ClN3O2. The Morgan fingerprint density at radius 2 is 2.00 bits per heavy atom. The number of amides is 2. The number of benzene rings is 1. The fourth-order valence-electron chi connectivity index (χ4n) is 1.44. The quantitative estimate of drug-likeness (QED) is 0.511. The number of halogens is 1. The molecule has 2 amide bonds. The lowest BCUT2D eigenvalue weighted by Crippen LogP contribution is -2.32. The number of carbonyl (C=O) groups excluding carboxylic acids is 1. The highest BCUT2D eigenvalue weighted by Crippen LogP contribution is 2.19. The van der Waals surface area contributed by atoms with Crippen molar-refractivity contribution >= 4 is 23.3 Å². The van der Waals surface area contributed by atoms with Crippen molar-refractivity contribution in [2.45, 2.75) is 13.8 Å². The van der Waals surface area contributed by atoms with Gasteiger partial charge >= 0.3 is 6.03 Å². The van der Waals surface area contributed by atoms with Gasteiger partial charge in [0, 0.05) is 11.6 Å². The highest BCUT2D eigenvalue weighted by molar-refractivity contribution is 6.18. The number of nitrogens with one attached hydrogen (secondary N) is 1. The zero-order valence-electron chi connectivity index (χ0n) is 9.74. The van der Waals surface area contributed by atoms with Gasteiger partial charge in [-0.2, -0.15) is 5.01 Å². The minimum atomic E-state index is -0.571. The van der Waals surface area contributed by atoms with Crippen LogP contribution < -0.4 is 5.32 Å². The number of carbonyl (C=O) groups is 1. The summed E-state index contributed by atoms with van der Waals surface area (Å²) in [6, 6.07) is 5.08. The predicted molar refractivity (Wildman–Crippen MR) is 68.2 cm³/mol. The lowest BCUT2D eigenvalue weighted by molar-refractivity contribution is 0.216. The van der Waals surface area contributed by atoms with Gasteiger partial charge in [0.15, 0.2) is 0 Å². The summed E-state index contributed by atoms with van der Waals surface area (Å²) in [5, 5.41) is 6.03. The third kappa shape index (κ3) is 3.42. The Balaban J connectivity index is 2.83. The van der Waals surface area contributed by atoms with Gasteiger partial charge in [-0.3, -0.25) is 0 Å². The van der Waals surface area contributed by atoms with Crippen molar-refractivity contribution in [2.24, 2.45) is 5.29 Å². The second-order valence-electron chi connectivity index (χ2n) is 3.59. The van der Waals surface area contributed by atoms with Gasteiger partial charge in [0.05, 0.1) is 11.8 Å². The Labute approximate surface area is 105 Å². The summed E-state index contributed by atoms with van der Waals surface area (Å²) >= 11 is 5.46. The van der Waals surface area contributed by atoms with Crippen molar-refractivity contribution in [1.29, 1.82) is 0 Å². The van der Waals surface area contributed by atoms with Crippen LogP contribution in [0, 0.1) is 18.8 Å². The fourth-order valence-corrected chi connectivity index (χ4v) is 1.60. The predicted octanol–water partition coefficient (Wildman–Crippen LogP) is 3.06. The summed E-state index contributed by atoms with van der Waals surface area (Å²) in [5.74, 6) is 0.159. The second-order valence-corrected chi connectivity index (χ2v) is 3.97. The van der Waals surface area contributed by atoms with Crippen LogP contribution in [-0.2, 0) is 0 Å². The van der Waals surface area contributed by atoms with Crippen LogP contribution >= 0.6 is 11.6 Å². The van der Waals surface area contributed by atoms with Crippen LogP contribution in [0.25, 0.3) is 0 Å². The number of aryl methyl sites for hydroxylation is 2. The normalized spacial score (nSPS) is 9.82. The Morgan fingerprint density at radius 3 is 2.47 bits per heavy atom. The van der Waals surface area contributed by atoms with Crippen LogP contribution in [0.4, 0.5) is 10.5 Å². The van der Waals surface area contributed by atoms with Gasteiger partial charge in [-0.1, -0.05) is 18.2 Å². The number of hydrogen-bond acceptors (Lipinski definition) is 3. The number of rotatable bonds is 4. The standard InChI is InChI=1S/C11H14ClN3O2/c1-8-4-3-5-9(2)10(8)13-11(16)15(14-17)7-6-12/h3-5H,6-7H2,1-2H3,(H,13,16). The summed E-state index contributed by atoms with van der Waals surface area (Å²) in [5.41, 5.74) is 2.55. The van der Waals surface area contributed by atoms with Crippen LogP contribution in [0.5, 0.6) is 0 Å². The van der Waals surface area contributed by atoms with E-state index in [4.69, 9.17) is 11.6 Å². The first-order chi connectivity index (χ1) is 8.10. The van der Waals surface area contributed by atoms with Crippen LogP contribution in [0.3, 0.4) is 0 Å². The zero-order valence-corrected chi connectivity index (χ0v) is 10.5. The molecule has 0 unspecified atom stereocenters. The Hall–Kier alpha value is -1.62. The van der Waals surface area contributed by atoms with Crippen LogP contribution in [-0.4, -0.2) is 23.5 Å². The molecule has 0 heterocycles. The molecule has 1 aromatic carbocycles. The number of para-hydroxylation sites is 1. The molecule has 0 spiro atoms. The monoisotopic (exact) mass is 255 g/mol. The molecule has 6 heteroatoms. The van der Waals surface area contributed by atoms with E-state index in [1.807, 2.05) is 32.0 Å². The number of urea groups is 1. The van der Waals surface area contributed by atoms with Crippen molar-refractivity contribution in [2.75, 3.05) is 17.7 Å². The third-order valence-electron chi connectivity index (χ3n) is 2.34. The number of alkyl halides is 1. The van der Waals surface area contributed by atoms with Gasteiger partial charge in [0.1, 0.15) is 0 Å². The van der Waals surface area contributed by atoms with E-state index in [1.165, 1.54) is 0 Å². The summed E-state index contributed by atoms with van der Waals surface area (Å²) in [7, 11) is 0. The van der Waals surface area contributed by atoms with Crippen LogP contribution in [0.2, 0.25) is 0 Å². The molecule has 1 N–H and O–H groups in total. The molecule has 0 aliphatic rings. The molecule has 1 aromatic rings.